The highest BCUT2D eigenvalue weighted by Gasteiger charge is 2.08. The molecule has 0 aliphatic heterocycles. The first kappa shape index (κ1) is 15.6. The van der Waals surface area contributed by atoms with Gasteiger partial charge in [0.15, 0.2) is 0 Å². The van der Waals surface area contributed by atoms with Crippen LogP contribution in [-0.2, 0) is 0 Å². The number of methoxy groups -OCH3 is 1. The number of anilines is 1. The number of rotatable bonds is 6. The van der Waals surface area contributed by atoms with Crippen molar-refractivity contribution < 1.29 is 18.3 Å². The Labute approximate surface area is 130 Å². The second-order valence-electron chi connectivity index (χ2n) is 4.20. The minimum atomic E-state index is -0.647. The fourth-order valence-corrected chi connectivity index (χ4v) is 2.28. The third kappa shape index (κ3) is 4.32. The van der Waals surface area contributed by atoms with E-state index in [2.05, 4.69) is 21.2 Å². The number of halogens is 3. The zero-order valence-corrected chi connectivity index (χ0v) is 12.9. The van der Waals surface area contributed by atoms with Crippen molar-refractivity contribution >= 4 is 21.6 Å². The molecular weight excluding hydrogens is 344 g/mol. The van der Waals surface area contributed by atoms with Gasteiger partial charge in [0.1, 0.15) is 29.7 Å². The van der Waals surface area contributed by atoms with E-state index in [-0.39, 0.29) is 5.69 Å². The molecule has 6 heteroatoms. The molecule has 0 aliphatic rings. The average Bonchev–Trinajstić information content (AvgIpc) is 2.46. The Morgan fingerprint density at radius 3 is 2.38 bits per heavy atom. The molecule has 0 amide bonds. The summed E-state index contributed by atoms with van der Waals surface area (Å²) in [5.74, 6) is 0.166. The molecule has 0 atom stereocenters. The first-order valence-electron chi connectivity index (χ1n) is 6.25. The van der Waals surface area contributed by atoms with E-state index in [1.165, 1.54) is 6.07 Å². The van der Waals surface area contributed by atoms with Crippen LogP contribution in [0.5, 0.6) is 11.5 Å². The van der Waals surface area contributed by atoms with Crippen LogP contribution >= 0.6 is 15.9 Å². The summed E-state index contributed by atoms with van der Waals surface area (Å²) in [5.41, 5.74) is 0.217. The Bertz CT molecular complexity index is 582. The van der Waals surface area contributed by atoms with E-state index in [4.69, 9.17) is 9.47 Å². The van der Waals surface area contributed by atoms with Crippen molar-refractivity contribution in [1.82, 2.24) is 0 Å². The van der Waals surface area contributed by atoms with E-state index in [0.717, 1.165) is 11.8 Å². The van der Waals surface area contributed by atoms with E-state index in [0.29, 0.717) is 23.4 Å². The van der Waals surface area contributed by atoms with Crippen LogP contribution in [0.4, 0.5) is 14.5 Å². The number of hydrogen-bond acceptors (Lipinski definition) is 3. The summed E-state index contributed by atoms with van der Waals surface area (Å²) in [5, 5.41) is 2.86. The minimum Gasteiger partial charge on any atom is -0.497 e. The Balaban J connectivity index is 1.84. The molecule has 0 unspecified atom stereocenters. The average molecular weight is 358 g/mol. The maximum atomic E-state index is 13.6. The van der Waals surface area contributed by atoms with Crippen LogP contribution in [0.15, 0.2) is 40.9 Å². The lowest BCUT2D eigenvalue weighted by atomic mass is 10.3. The minimum absolute atomic E-state index is 0.217. The number of hydrogen-bond donors (Lipinski definition) is 1. The topological polar surface area (TPSA) is 30.5 Å². The molecule has 0 aromatic heterocycles. The van der Waals surface area contributed by atoms with Crippen LogP contribution in [0, 0.1) is 11.6 Å². The largest absolute Gasteiger partial charge is 0.497 e. The quantitative estimate of drug-likeness (QED) is 0.784. The summed E-state index contributed by atoms with van der Waals surface area (Å²) in [6.07, 6.45) is 0. The van der Waals surface area contributed by atoms with E-state index in [9.17, 15) is 8.78 Å². The second-order valence-corrected chi connectivity index (χ2v) is 5.05. The molecule has 2 aromatic carbocycles. The lowest BCUT2D eigenvalue weighted by Gasteiger charge is -2.11. The number of nitrogens with one attached hydrogen (secondary N) is 1. The molecule has 0 saturated heterocycles. The maximum Gasteiger partial charge on any atom is 0.150 e. The van der Waals surface area contributed by atoms with Crippen molar-refractivity contribution in [3.05, 3.63) is 52.5 Å². The van der Waals surface area contributed by atoms with Gasteiger partial charge in [0.25, 0.3) is 0 Å². The first-order valence-corrected chi connectivity index (χ1v) is 7.04. The first-order chi connectivity index (χ1) is 10.1. The zero-order chi connectivity index (χ0) is 15.2. The van der Waals surface area contributed by atoms with Gasteiger partial charge in [0.05, 0.1) is 12.8 Å². The second kappa shape index (κ2) is 7.26. The maximum absolute atomic E-state index is 13.6. The van der Waals surface area contributed by atoms with Gasteiger partial charge in [0.2, 0.25) is 0 Å². The third-order valence-electron chi connectivity index (χ3n) is 2.74. The summed E-state index contributed by atoms with van der Waals surface area (Å²) in [4.78, 5) is 0. The molecule has 0 bridgehead atoms. The summed E-state index contributed by atoms with van der Waals surface area (Å²) in [6, 6.07) is 9.19. The normalized spacial score (nSPS) is 10.3. The van der Waals surface area contributed by atoms with E-state index < -0.39 is 11.6 Å². The molecule has 112 valence electrons. The van der Waals surface area contributed by atoms with E-state index in [1.807, 2.05) is 0 Å². The van der Waals surface area contributed by atoms with Gasteiger partial charge in [-0.05, 0) is 46.3 Å². The smallest absolute Gasteiger partial charge is 0.150 e. The Morgan fingerprint density at radius 2 is 1.76 bits per heavy atom. The van der Waals surface area contributed by atoms with Crippen molar-refractivity contribution in [2.45, 2.75) is 0 Å². The molecule has 3 nitrogen and oxygen atoms in total. The summed E-state index contributed by atoms with van der Waals surface area (Å²) >= 11 is 3.11. The van der Waals surface area contributed by atoms with Crippen molar-refractivity contribution in [2.75, 3.05) is 25.6 Å². The molecule has 0 spiro atoms. The van der Waals surface area contributed by atoms with Crippen molar-refractivity contribution in [2.24, 2.45) is 0 Å². The fourth-order valence-electron chi connectivity index (χ4n) is 1.73. The fraction of sp³-hybridized carbons (Fsp3) is 0.200. The third-order valence-corrected chi connectivity index (χ3v) is 3.36. The van der Waals surface area contributed by atoms with Gasteiger partial charge < -0.3 is 14.8 Å². The van der Waals surface area contributed by atoms with Crippen molar-refractivity contribution in [3.63, 3.8) is 0 Å². The molecule has 21 heavy (non-hydrogen) atoms. The van der Waals surface area contributed by atoms with Crippen LogP contribution in [-0.4, -0.2) is 20.3 Å². The zero-order valence-electron chi connectivity index (χ0n) is 11.3. The van der Waals surface area contributed by atoms with E-state index >= 15 is 0 Å². The molecular formula is C15H14BrF2NO2. The van der Waals surface area contributed by atoms with Gasteiger partial charge >= 0.3 is 0 Å². The Hall–Kier alpha value is -1.82. The Morgan fingerprint density at radius 1 is 1.10 bits per heavy atom. The molecule has 2 aromatic rings. The van der Waals surface area contributed by atoms with Gasteiger partial charge in [-0.2, -0.15) is 0 Å². The highest BCUT2D eigenvalue weighted by atomic mass is 79.9. The van der Waals surface area contributed by atoms with Crippen molar-refractivity contribution in [1.29, 1.82) is 0 Å². The van der Waals surface area contributed by atoms with Gasteiger partial charge in [-0.1, -0.05) is 0 Å². The molecule has 2 rings (SSSR count). The predicted molar refractivity (Wildman–Crippen MR) is 81.0 cm³/mol. The van der Waals surface area contributed by atoms with Gasteiger partial charge in [0, 0.05) is 17.1 Å². The SMILES string of the molecule is COc1ccc(OCCNc2c(F)cc(F)cc2Br)cc1. The van der Waals surface area contributed by atoms with Gasteiger partial charge in [-0.3, -0.25) is 0 Å². The summed E-state index contributed by atoms with van der Waals surface area (Å²) < 4.78 is 37.4. The monoisotopic (exact) mass is 357 g/mol. The lowest BCUT2D eigenvalue weighted by Crippen LogP contribution is -2.13. The molecule has 0 aliphatic carbocycles. The van der Waals surface area contributed by atoms with Crippen LogP contribution in [0.3, 0.4) is 0 Å². The molecule has 0 heterocycles. The highest BCUT2D eigenvalue weighted by molar-refractivity contribution is 9.10. The lowest BCUT2D eigenvalue weighted by molar-refractivity contribution is 0.331. The van der Waals surface area contributed by atoms with E-state index in [1.54, 1.807) is 31.4 Å². The molecule has 0 fully saturated rings. The van der Waals surface area contributed by atoms with Gasteiger partial charge in [-0.25, -0.2) is 8.78 Å². The predicted octanol–water partition coefficient (Wildman–Crippen LogP) is 4.23. The molecule has 0 radical (unpaired) electrons. The Kier molecular flexibility index (Phi) is 5.38. The van der Waals surface area contributed by atoms with Crippen LogP contribution < -0.4 is 14.8 Å². The van der Waals surface area contributed by atoms with Crippen LogP contribution in [0.1, 0.15) is 0 Å². The molecule has 0 saturated carbocycles. The highest BCUT2D eigenvalue weighted by Crippen LogP contribution is 2.26. The number of benzene rings is 2. The summed E-state index contributed by atoms with van der Waals surface area (Å²) in [6.45, 7) is 0.725. The standard InChI is InChI=1S/C15H14BrF2NO2/c1-20-11-2-4-12(5-3-11)21-7-6-19-15-13(16)8-10(17)9-14(15)18/h2-5,8-9,19H,6-7H2,1H3. The van der Waals surface area contributed by atoms with Gasteiger partial charge in [-0.15, -0.1) is 0 Å². The van der Waals surface area contributed by atoms with Crippen molar-refractivity contribution in [3.8, 4) is 11.5 Å². The van der Waals surface area contributed by atoms with Crippen LogP contribution in [0.25, 0.3) is 0 Å². The summed E-state index contributed by atoms with van der Waals surface area (Å²) in [7, 11) is 1.59. The molecule has 1 N–H and O–H groups in total. The van der Waals surface area contributed by atoms with Crippen LogP contribution in [0.2, 0.25) is 0 Å². The number of ether oxygens (including phenoxy) is 2.